The second-order valence-electron chi connectivity index (χ2n) is 2.57. The summed E-state index contributed by atoms with van der Waals surface area (Å²) in [5.41, 5.74) is 0.922. The lowest BCUT2D eigenvalue weighted by Crippen LogP contribution is -2.03. The van der Waals surface area contributed by atoms with Gasteiger partial charge in [-0.15, -0.1) is 0 Å². The van der Waals surface area contributed by atoms with E-state index in [1.165, 1.54) is 19.2 Å². The Kier molecular flexibility index (Phi) is 6.09. The summed E-state index contributed by atoms with van der Waals surface area (Å²) in [5, 5.41) is 0. The van der Waals surface area contributed by atoms with Crippen molar-refractivity contribution in [3.63, 3.8) is 0 Å². The van der Waals surface area contributed by atoms with Crippen LogP contribution in [0.1, 0.15) is 29.8 Å². The Labute approximate surface area is 88.7 Å². The largest absolute Gasteiger partial charge is 0.465 e. The summed E-state index contributed by atoms with van der Waals surface area (Å²) in [6, 6.07) is 4.52. The normalized spacial score (nSPS) is 8.60. The monoisotopic (exact) mass is 214 g/mol. The molecule has 0 amide bonds. The predicted molar refractivity (Wildman–Crippen MR) is 55.6 cm³/mol. The van der Waals surface area contributed by atoms with Crippen LogP contribution in [-0.4, -0.2) is 13.1 Å². The number of carbonyl (C=O) groups excluding carboxylic acids is 1. The van der Waals surface area contributed by atoms with E-state index in [0.717, 1.165) is 5.56 Å². The van der Waals surface area contributed by atoms with E-state index >= 15 is 0 Å². The Morgan fingerprint density at radius 1 is 1.33 bits per heavy atom. The van der Waals surface area contributed by atoms with Gasteiger partial charge in [0, 0.05) is 4.53 Å². The quantitative estimate of drug-likeness (QED) is 0.710. The van der Waals surface area contributed by atoms with Gasteiger partial charge in [-0.3, -0.25) is 4.94 Å². The minimum Gasteiger partial charge on any atom is -0.465 e. The molecular formula is C11H15FO3. The Morgan fingerprint density at radius 2 is 1.93 bits per heavy atom. The van der Waals surface area contributed by atoms with E-state index in [2.05, 4.69) is 9.68 Å². The summed E-state index contributed by atoms with van der Waals surface area (Å²) in [6.45, 7) is 5.79. The molecule has 0 radical (unpaired) electrons. The molecule has 0 unspecified atom stereocenters. The lowest BCUT2D eigenvalue weighted by molar-refractivity contribution is -0.00812. The van der Waals surface area contributed by atoms with E-state index < -0.39 is 5.97 Å². The van der Waals surface area contributed by atoms with Crippen LogP contribution < -0.4 is 4.94 Å². The third kappa shape index (κ3) is 3.58. The maximum atomic E-state index is 11.9. The number of benzene rings is 1. The zero-order chi connectivity index (χ0) is 11.8. The van der Waals surface area contributed by atoms with Gasteiger partial charge in [0.15, 0.2) is 5.75 Å². The van der Waals surface area contributed by atoms with Gasteiger partial charge < -0.3 is 4.74 Å². The van der Waals surface area contributed by atoms with Crippen LogP contribution >= 0.6 is 0 Å². The third-order valence-corrected chi connectivity index (χ3v) is 1.62. The Bertz CT molecular complexity index is 324. The van der Waals surface area contributed by atoms with Crippen molar-refractivity contribution < 1.29 is 19.0 Å². The molecule has 1 aromatic carbocycles. The maximum absolute atomic E-state index is 11.9. The van der Waals surface area contributed by atoms with Crippen LogP contribution in [0.15, 0.2) is 18.2 Å². The highest BCUT2D eigenvalue weighted by atomic mass is 19.3. The standard InChI is InChI=1S/C9H9FO3.C2H6/c1-6-3-4-8(13-10)7(5-6)9(11)12-2;1-2/h3-5H,1-2H3;1-2H3. The van der Waals surface area contributed by atoms with Crippen molar-refractivity contribution in [1.82, 2.24) is 0 Å². The van der Waals surface area contributed by atoms with Crippen LogP contribution in [0, 0.1) is 6.92 Å². The Morgan fingerprint density at radius 3 is 2.40 bits per heavy atom. The molecule has 0 N–H and O–H groups in total. The first-order valence-corrected chi connectivity index (χ1v) is 4.66. The molecule has 3 nitrogen and oxygen atoms in total. The smallest absolute Gasteiger partial charge is 0.341 e. The zero-order valence-electron chi connectivity index (χ0n) is 9.33. The summed E-state index contributed by atoms with van der Waals surface area (Å²) < 4.78 is 16.4. The van der Waals surface area contributed by atoms with Crippen molar-refractivity contribution in [3.05, 3.63) is 29.3 Å². The van der Waals surface area contributed by atoms with Gasteiger partial charge in [0.05, 0.1) is 7.11 Å². The van der Waals surface area contributed by atoms with Crippen molar-refractivity contribution in [1.29, 1.82) is 0 Å². The second-order valence-corrected chi connectivity index (χ2v) is 2.57. The highest BCUT2D eigenvalue weighted by molar-refractivity contribution is 5.92. The van der Waals surface area contributed by atoms with E-state index in [9.17, 15) is 9.32 Å². The fraction of sp³-hybridized carbons (Fsp3) is 0.364. The lowest BCUT2D eigenvalue weighted by Gasteiger charge is -2.03. The third-order valence-electron chi connectivity index (χ3n) is 1.62. The van der Waals surface area contributed by atoms with Crippen LogP contribution in [0.5, 0.6) is 5.75 Å². The summed E-state index contributed by atoms with van der Waals surface area (Å²) in [7, 11) is 1.23. The molecule has 0 spiro atoms. The fourth-order valence-electron chi connectivity index (χ4n) is 0.981. The number of ether oxygens (including phenoxy) is 1. The second kappa shape index (κ2) is 6.81. The van der Waals surface area contributed by atoms with Crippen LogP contribution in [-0.2, 0) is 4.74 Å². The molecular weight excluding hydrogens is 199 g/mol. The number of rotatable bonds is 2. The van der Waals surface area contributed by atoms with Gasteiger partial charge in [0.1, 0.15) is 5.56 Å². The van der Waals surface area contributed by atoms with Crippen molar-refractivity contribution in [3.8, 4) is 5.75 Å². The average molecular weight is 214 g/mol. The van der Waals surface area contributed by atoms with Gasteiger partial charge >= 0.3 is 5.97 Å². The van der Waals surface area contributed by atoms with E-state index in [1.54, 1.807) is 13.0 Å². The van der Waals surface area contributed by atoms with Crippen molar-refractivity contribution in [2.75, 3.05) is 7.11 Å². The SMILES string of the molecule is CC.COC(=O)c1cc(C)ccc1OF. The summed E-state index contributed by atoms with van der Waals surface area (Å²) >= 11 is 0. The molecule has 15 heavy (non-hydrogen) atoms. The number of methoxy groups -OCH3 is 1. The first kappa shape index (κ1) is 13.4. The van der Waals surface area contributed by atoms with E-state index in [1.807, 2.05) is 13.8 Å². The van der Waals surface area contributed by atoms with E-state index in [4.69, 9.17) is 0 Å². The molecule has 0 heterocycles. The van der Waals surface area contributed by atoms with Crippen LogP contribution in [0.25, 0.3) is 0 Å². The number of esters is 1. The van der Waals surface area contributed by atoms with Gasteiger partial charge in [-0.1, -0.05) is 19.9 Å². The first-order valence-electron chi connectivity index (χ1n) is 4.66. The van der Waals surface area contributed by atoms with Crippen LogP contribution in [0.3, 0.4) is 0 Å². The molecule has 1 rings (SSSR count). The minimum absolute atomic E-state index is 0.0880. The number of hydrogen-bond acceptors (Lipinski definition) is 3. The molecule has 84 valence electrons. The number of halogens is 1. The average Bonchev–Trinajstić information content (AvgIpc) is 2.30. The van der Waals surface area contributed by atoms with Crippen LogP contribution in [0.4, 0.5) is 4.53 Å². The van der Waals surface area contributed by atoms with Gasteiger partial charge in [-0.25, -0.2) is 4.79 Å². The van der Waals surface area contributed by atoms with Gasteiger partial charge in [-0.2, -0.15) is 0 Å². The van der Waals surface area contributed by atoms with Crippen molar-refractivity contribution in [2.24, 2.45) is 0 Å². The maximum Gasteiger partial charge on any atom is 0.341 e. The molecule has 0 aromatic heterocycles. The molecule has 0 aliphatic rings. The Hall–Kier alpha value is -1.58. The molecule has 4 heteroatoms. The number of aryl methyl sites for hydroxylation is 1. The molecule has 0 aliphatic carbocycles. The van der Waals surface area contributed by atoms with E-state index in [-0.39, 0.29) is 11.3 Å². The topological polar surface area (TPSA) is 35.5 Å². The number of carbonyl (C=O) groups is 1. The van der Waals surface area contributed by atoms with Crippen LogP contribution in [0.2, 0.25) is 0 Å². The van der Waals surface area contributed by atoms with Gasteiger partial charge in [0.2, 0.25) is 0 Å². The highest BCUT2D eigenvalue weighted by Gasteiger charge is 2.13. The predicted octanol–water partition coefficient (Wildman–Crippen LogP) is 3.07. The summed E-state index contributed by atoms with van der Waals surface area (Å²) in [4.78, 5) is 14.6. The molecule has 0 bridgehead atoms. The minimum atomic E-state index is -0.614. The Balaban J connectivity index is 0.000000921. The lowest BCUT2D eigenvalue weighted by atomic mass is 10.1. The molecule has 0 saturated carbocycles. The highest BCUT2D eigenvalue weighted by Crippen LogP contribution is 2.20. The van der Waals surface area contributed by atoms with E-state index in [0.29, 0.717) is 0 Å². The molecule has 0 saturated heterocycles. The molecule has 1 aromatic rings. The number of hydrogen-bond donors (Lipinski definition) is 0. The summed E-state index contributed by atoms with van der Waals surface area (Å²) in [6.07, 6.45) is 0. The van der Waals surface area contributed by atoms with Gasteiger partial charge in [-0.05, 0) is 24.6 Å². The molecule has 0 aliphatic heterocycles. The fourth-order valence-corrected chi connectivity index (χ4v) is 0.981. The zero-order valence-corrected chi connectivity index (χ0v) is 9.33. The molecule has 0 atom stereocenters. The first-order chi connectivity index (χ1) is 7.19. The van der Waals surface area contributed by atoms with Crippen molar-refractivity contribution in [2.45, 2.75) is 20.8 Å². The van der Waals surface area contributed by atoms with Crippen molar-refractivity contribution >= 4 is 5.97 Å². The molecule has 0 fully saturated rings. The summed E-state index contributed by atoms with van der Waals surface area (Å²) in [5.74, 6) is -0.742. The van der Waals surface area contributed by atoms with Gasteiger partial charge in [0.25, 0.3) is 0 Å².